The van der Waals surface area contributed by atoms with Crippen molar-refractivity contribution in [2.24, 2.45) is 21.8 Å². The minimum atomic E-state index is -0.0964. The van der Waals surface area contributed by atoms with Gasteiger partial charge < -0.3 is 11.1 Å². The number of benzene rings is 1. The van der Waals surface area contributed by atoms with Gasteiger partial charge in [-0.15, -0.1) is 0 Å². The Bertz CT molecular complexity index is 982. The molecule has 2 bridgehead atoms. The van der Waals surface area contributed by atoms with E-state index in [9.17, 15) is 4.79 Å². The van der Waals surface area contributed by atoms with E-state index in [1.807, 2.05) is 6.07 Å². The third-order valence-corrected chi connectivity index (χ3v) is 6.63. The molecule has 0 radical (unpaired) electrons. The number of nitrogen functional groups attached to an aromatic ring is 1. The molecule has 2 saturated carbocycles. The maximum absolute atomic E-state index is 12.8. The Morgan fingerprint density at radius 3 is 2.88 bits per heavy atom. The lowest BCUT2D eigenvalue weighted by atomic mass is 9.96. The van der Waals surface area contributed by atoms with Gasteiger partial charge in [0, 0.05) is 11.6 Å². The smallest absolute Gasteiger partial charge is 0.206 e. The highest BCUT2D eigenvalue weighted by Crippen LogP contribution is 2.46. The van der Waals surface area contributed by atoms with Gasteiger partial charge >= 0.3 is 0 Å². The van der Waals surface area contributed by atoms with Gasteiger partial charge in [-0.3, -0.25) is 14.8 Å². The Hall–Kier alpha value is -2.28. The van der Waals surface area contributed by atoms with Gasteiger partial charge in [-0.1, -0.05) is 17.8 Å². The highest BCUT2D eigenvalue weighted by Gasteiger charge is 2.39. The molecule has 1 aromatic carbocycles. The number of carbonyl (C=O) groups excluding carboxylic acids is 1. The number of thiazole rings is 1. The van der Waals surface area contributed by atoms with E-state index in [1.54, 1.807) is 12.1 Å². The molecule has 5 rings (SSSR count). The number of hydrogen-bond acceptors (Lipinski definition) is 7. The first-order valence-electron chi connectivity index (χ1n) is 8.74. The molecule has 2 fully saturated rings. The number of nitrogens with two attached hydrogens (primary N) is 1. The number of ketones is 1. The van der Waals surface area contributed by atoms with Crippen molar-refractivity contribution in [1.29, 1.82) is 0 Å². The number of aromatic nitrogens is 1. The van der Waals surface area contributed by atoms with Crippen LogP contribution in [-0.2, 0) is 0 Å². The molecule has 25 heavy (non-hydrogen) atoms. The number of rotatable bonds is 4. The fourth-order valence-electron chi connectivity index (χ4n) is 4.38. The van der Waals surface area contributed by atoms with Crippen molar-refractivity contribution in [3.63, 3.8) is 0 Å². The number of fused-ring (bicyclic) bond motifs is 3. The molecule has 2 unspecified atom stereocenters. The summed E-state index contributed by atoms with van der Waals surface area (Å²) in [7, 11) is 0. The molecule has 3 aliphatic rings. The summed E-state index contributed by atoms with van der Waals surface area (Å²) in [6, 6.07) is 5.89. The summed E-state index contributed by atoms with van der Waals surface area (Å²) in [4.78, 5) is 26.3. The summed E-state index contributed by atoms with van der Waals surface area (Å²) < 4.78 is 0. The van der Waals surface area contributed by atoms with Gasteiger partial charge in [0.1, 0.15) is 17.4 Å². The van der Waals surface area contributed by atoms with Crippen LogP contribution in [0.2, 0.25) is 0 Å². The molecule has 1 aromatic heterocycles. The van der Waals surface area contributed by atoms with E-state index in [0.29, 0.717) is 29.0 Å². The fraction of sp³-hybridized carbons (Fsp3) is 0.444. The molecular weight excluding hydrogens is 334 g/mol. The van der Waals surface area contributed by atoms with Crippen LogP contribution in [0.15, 0.2) is 28.2 Å². The minimum Gasteiger partial charge on any atom is -0.382 e. The summed E-state index contributed by atoms with van der Waals surface area (Å²) in [6.45, 7) is 0.438. The highest BCUT2D eigenvalue weighted by atomic mass is 32.1. The maximum Gasteiger partial charge on any atom is 0.206 e. The summed E-state index contributed by atoms with van der Waals surface area (Å²) in [6.07, 6.45) is 5.21. The van der Waals surface area contributed by atoms with Gasteiger partial charge in [-0.05, 0) is 49.3 Å². The van der Waals surface area contributed by atoms with Crippen LogP contribution in [0.25, 0.3) is 0 Å². The molecule has 0 amide bonds. The van der Waals surface area contributed by atoms with Crippen LogP contribution < -0.4 is 21.8 Å². The summed E-state index contributed by atoms with van der Waals surface area (Å²) >= 11 is 1.36. The zero-order chi connectivity index (χ0) is 17.0. The van der Waals surface area contributed by atoms with Crippen LogP contribution in [0.5, 0.6) is 0 Å². The second-order valence-electron chi connectivity index (χ2n) is 7.15. The van der Waals surface area contributed by atoms with E-state index in [1.165, 1.54) is 37.0 Å². The third kappa shape index (κ3) is 2.54. The maximum atomic E-state index is 12.8. The van der Waals surface area contributed by atoms with E-state index in [-0.39, 0.29) is 5.78 Å². The molecule has 2 aromatic rings. The van der Waals surface area contributed by atoms with Crippen LogP contribution in [0.3, 0.4) is 0 Å². The van der Waals surface area contributed by atoms with E-state index in [4.69, 9.17) is 5.73 Å². The van der Waals surface area contributed by atoms with Crippen molar-refractivity contribution in [2.75, 3.05) is 17.7 Å². The zero-order valence-corrected chi connectivity index (χ0v) is 14.6. The second kappa shape index (κ2) is 5.62. The van der Waals surface area contributed by atoms with Crippen LogP contribution in [0, 0.1) is 11.8 Å². The molecule has 1 aliphatic heterocycles. The van der Waals surface area contributed by atoms with Gasteiger partial charge in [0.2, 0.25) is 5.78 Å². The number of carbonyl (C=O) groups is 1. The van der Waals surface area contributed by atoms with Gasteiger partial charge in [-0.25, -0.2) is 4.98 Å². The first-order valence-corrected chi connectivity index (χ1v) is 9.55. The largest absolute Gasteiger partial charge is 0.382 e. The average molecular weight is 353 g/mol. The van der Waals surface area contributed by atoms with Crippen LogP contribution >= 0.6 is 11.3 Å². The SMILES string of the molecule is Nc1nc(N[C@H]2CC3CCC2C3)sc1C(=O)c1ccc2c(c1)=NCN=2. The van der Waals surface area contributed by atoms with Gasteiger partial charge in [0.15, 0.2) is 5.13 Å². The minimum absolute atomic E-state index is 0.0964. The molecule has 0 saturated heterocycles. The molecule has 128 valence electrons. The Labute approximate surface area is 148 Å². The van der Waals surface area contributed by atoms with Gasteiger partial charge in [0.25, 0.3) is 0 Å². The lowest BCUT2D eigenvalue weighted by Crippen LogP contribution is -2.25. The molecule has 0 spiro atoms. The first-order chi connectivity index (χ1) is 12.2. The number of hydrogen-bond donors (Lipinski definition) is 2. The van der Waals surface area contributed by atoms with E-state index in [0.717, 1.165) is 27.7 Å². The van der Waals surface area contributed by atoms with E-state index >= 15 is 0 Å². The van der Waals surface area contributed by atoms with Gasteiger partial charge in [-0.2, -0.15) is 0 Å². The molecule has 3 atom stereocenters. The predicted octanol–water partition coefficient (Wildman–Crippen LogP) is 1.77. The van der Waals surface area contributed by atoms with Gasteiger partial charge in [0.05, 0.1) is 10.7 Å². The second-order valence-corrected chi connectivity index (χ2v) is 8.15. The molecule has 3 N–H and O–H groups in total. The van der Waals surface area contributed by atoms with Crippen molar-refractivity contribution in [2.45, 2.75) is 31.7 Å². The quantitative estimate of drug-likeness (QED) is 0.819. The third-order valence-electron chi connectivity index (χ3n) is 5.63. The first kappa shape index (κ1) is 15.0. The summed E-state index contributed by atoms with van der Waals surface area (Å²) in [5.74, 6) is 1.82. The van der Waals surface area contributed by atoms with Crippen LogP contribution in [0.1, 0.15) is 40.9 Å². The topological polar surface area (TPSA) is 92.7 Å². The average Bonchev–Trinajstić information content (AvgIpc) is 3.37. The van der Waals surface area contributed by atoms with Crippen LogP contribution in [0.4, 0.5) is 10.9 Å². The highest BCUT2D eigenvalue weighted by molar-refractivity contribution is 7.18. The summed E-state index contributed by atoms with van der Waals surface area (Å²) in [5.41, 5.74) is 6.62. The molecule has 6 nitrogen and oxygen atoms in total. The van der Waals surface area contributed by atoms with E-state index < -0.39 is 0 Å². The lowest BCUT2D eigenvalue weighted by Gasteiger charge is -2.22. The Kier molecular flexibility index (Phi) is 3.38. The number of anilines is 2. The van der Waals surface area contributed by atoms with Crippen molar-refractivity contribution in [3.05, 3.63) is 39.4 Å². The lowest BCUT2D eigenvalue weighted by molar-refractivity contribution is 0.104. The predicted molar refractivity (Wildman–Crippen MR) is 96.4 cm³/mol. The summed E-state index contributed by atoms with van der Waals surface area (Å²) in [5, 5.41) is 5.90. The van der Waals surface area contributed by atoms with Crippen LogP contribution in [-0.4, -0.2) is 23.5 Å². The Morgan fingerprint density at radius 2 is 2.08 bits per heavy atom. The molecule has 2 heterocycles. The van der Waals surface area contributed by atoms with E-state index in [2.05, 4.69) is 20.3 Å². The van der Waals surface area contributed by atoms with Crippen molar-refractivity contribution in [1.82, 2.24) is 4.98 Å². The Balaban J connectivity index is 1.40. The monoisotopic (exact) mass is 353 g/mol. The van der Waals surface area contributed by atoms with Crippen molar-refractivity contribution >= 4 is 28.1 Å². The number of nitrogens with zero attached hydrogens (tertiary/aromatic N) is 3. The Morgan fingerprint density at radius 1 is 1.20 bits per heavy atom. The molecule has 2 aliphatic carbocycles. The number of nitrogens with one attached hydrogen (secondary N) is 1. The fourth-order valence-corrected chi connectivity index (χ4v) is 5.29. The standard InChI is InChI=1S/C18H19N5OS/c19-17-16(15(24)11-3-4-12-14(7-11)21-8-20-12)25-18(23-17)22-13-6-9-1-2-10(13)5-9/h3-4,7,9-10,13H,1-2,5-6,8,19H2,(H,22,23)/t9?,10?,13-/m0/s1. The zero-order valence-electron chi connectivity index (χ0n) is 13.7. The van der Waals surface area contributed by atoms with Crippen molar-refractivity contribution in [3.8, 4) is 0 Å². The normalized spacial score (nSPS) is 26.2. The van der Waals surface area contributed by atoms with Crippen molar-refractivity contribution < 1.29 is 4.79 Å². The molecular formula is C18H19N5OS. The molecule has 7 heteroatoms.